The highest BCUT2D eigenvalue weighted by molar-refractivity contribution is 6.32. The summed E-state index contributed by atoms with van der Waals surface area (Å²) in [5.74, 6) is -0.220. The number of likely N-dealkylation sites (N-methyl/N-ethyl adjacent to an activating group) is 1. The molecule has 0 spiro atoms. The van der Waals surface area contributed by atoms with Gasteiger partial charge >= 0.3 is 6.03 Å². The second-order valence-electron chi connectivity index (χ2n) is 8.94. The maximum Gasteiger partial charge on any atom is 0.321 e. The van der Waals surface area contributed by atoms with E-state index in [1.165, 1.54) is 24.0 Å². The van der Waals surface area contributed by atoms with Gasteiger partial charge in [-0.3, -0.25) is 19.1 Å². The molecule has 1 atom stereocenters. The molecule has 4 aromatic rings. The lowest BCUT2D eigenvalue weighted by Crippen LogP contribution is -2.44. The molecule has 0 fully saturated rings. The Labute approximate surface area is 219 Å². The number of nitrogens with zero attached hydrogens (tertiary/aromatic N) is 3. The lowest BCUT2D eigenvalue weighted by atomic mass is 10.00. The Hall–Kier alpha value is -4.17. The largest absolute Gasteiger partial charge is 0.489 e. The van der Waals surface area contributed by atoms with Crippen LogP contribution in [0.5, 0.6) is 5.75 Å². The molecular formula is C28H27ClN4O4. The molecule has 0 radical (unpaired) electrons. The fourth-order valence-corrected chi connectivity index (χ4v) is 4.24. The van der Waals surface area contributed by atoms with Crippen LogP contribution in [0.25, 0.3) is 22.0 Å². The summed E-state index contributed by atoms with van der Waals surface area (Å²) in [6, 6.07) is 18.6. The Balaban J connectivity index is 1.74. The number of carbonyl (C=O) groups excluding carboxylic acids is 2. The normalized spacial score (nSPS) is 11.9. The smallest absolute Gasteiger partial charge is 0.321 e. The van der Waals surface area contributed by atoms with Gasteiger partial charge in [0.05, 0.1) is 28.4 Å². The first-order chi connectivity index (χ1) is 17.7. The standard InChI is InChI=1S/C28H27ClN4O4/c1-17(2)37-25-15-23-21(14-22(25)29)26(34)33(16-31-23)24(27(35)32(3)28(30)36)13-18-9-11-20(12-10-18)19-7-5-4-6-8-19/h4-12,14-17,24H,13H2,1-3H3,(H2,30,36). The van der Waals surface area contributed by atoms with Gasteiger partial charge in [0.1, 0.15) is 11.8 Å². The van der Waals surface area contributed by atoms with Gasteiger partial charge in [-0.05, 0) is 36.6 Å². The Morgan fingerprint density at radius 2 is 1.70 bits per heavy atom. The van der Waals surface area contributed by atoms with Crippen molar-refractivity contribution in [3.63, 3.8) is 0 Å². The molecule has 37 heavy (non-hydrogen) atoms. The van der Waals surface area contributed by atoms with Gasteiger partial charge in [0.15, 0.2) is 0 Å². The molecule has 0 aliphatic rings. The molecule has 1 aromatic heterocycles. The summed E-state index contributed by atoms with van der Waals surface area (Å²) in [4.78, 5) is 43.8. The first kappa shape index (κ1) is 25.9. The summed E-state index contributed by atoms with van der Waals surface area (Å²) in [7, 11) is 1.28. The number of primary amides is 1. The average Bonchev–Trinajstić information content (AvgIpc) is 2.88. The van der Waals surface area contributed by atoms with Crippen molar-refractivity contribution in [2.75, 3.05) is 7.05 Å². The predicted molar refractivity (Wildman–Crippen MR) is 144 cm³/mol. The molecule has 2 N–H and O–H groups in total. The fraction of sp³-hybridized carbons (Fsp3) is 0.214. The Morgan fingerprint density at radius 3 is 2.32 bits per heavy atom. The molecule has 0 saturated heterocycles. The van der Waals surface area contributed by atoms with Crippen LogP contribution in [-0.4, -0.2) is 39.5 Å². The highest BCUT2D eigenvalue weighted by Gasteiger charge is 2.28. The molecule has 1 heterocycles. The molecule has 4 rings (SSSR count). The first-order valence-electron chi connectivity index (χ1n) is 11.7. The number of imide groups is 1. The minimum atomic E-state index is -1.06. The van der Waals surface area contributed by atoms with Crippen molar-refractivity contribution in [2.45, 2.75) is 32.4 Å². The van der Waals surface area contributed by atoms with Gasteiger partial charge in [-0.25, -0.2) is 9.78 Å². The number of halogens is 1. The van der Waals surface area contributed by atoms with Crippen LogP contribution in [0.15, 0.2) is 77.9 Å². The van der Waals surface area contributed by atoms with E-state index >= 15 is 0 Å². The van der Waals surface area contributed by atoms with Gasteiger partial charge in [0.2, 0.25) is 0 Å². The number of aromatic nitrogens is 2. The van der Waals surface area contributed by atoms with E-state index in [4.69, 9.17) is 22.1 Å². The van der Waals surface area contributed by atoms with Crippen LogP contribution in [0.2, 0.25) is 5.02 Å². The van der Waals surface area contributed by atoms with Crippen LogP contribution in [0.3, 0.4) is 0 Å². The maximum atomic E-state index is 13.5. The molecular weight excluding hydrogens is 492 g/mol. The van der Waals surface area contributed by atoms with Gasteiger partial charge in [-0.1, -0.05) is 66.2 Å². The molecule has 3 amide bonds. The zero-order valence-electron chi connectivity index (χ0n) is 20.7. The summed E-state index contributed by atoms with van der Waals surface area (Å²) in [5, 5.41) is 0.481. The summed E-state index contributed by atoms with van der Waals surface area (Å²) < 4.78 is 6.91. The molecule has 9 heteroatoms. The van der Waals surface area contributed by atoms with E-state index in [0.717, 1.165) is 21.6 Å². The molecule has 0 saturated carbocycles. The third-order valence-electron chi connectivity index (χ3n) is 5.97. The van der Waals surface area contributed by atoms with Crippen molar-refractivity contribution in [2.24, 2.45) is 5.73 Å². The highest BCUT2D eigenvalue weighted by atomic mass is 35.5. The quantitative estimate of drug-likeness (QED) is 0.377. The number of benzene rings is 3. The highest BCUT2D eigenvalue weighted by Crippen LogP contribution is 2.29. The van der Waals surface area contributed by atoms with Gasteiger partial charge < -0.3 is 10.5 Å². The van der Waals surface area contributed by atoms with Crippen molar-refractivity contribution < 1.29 is 14.3 Å². The third kappa shape index (κ3) is 5.65. The van der Waals surface area contributed by atoms with E-state index in [0.29, 0.717) is 11.3 Å². The second-order valence-corrected chi connectivity index (χ2v) is 9.35. The fourth-order valence-electron chi connectivity index (χ4n) is 4.03. The Bertz CT molecular complexity index is 1500. The van der Waals surface area contributed by atoms with E-state index < -0.39 is 23.5 Å². The molecule has 0 aliphatic carbocycles. The Kier molecular flexibility index (Phi) is 7.59. The number of amides is 3. The van der Waals surface area contributed by atoms with Crippen LogP contribution in [0.1, 0.15) is 25.5 Å². The first-order valence-corrected chi connectivity index (χ1v) is 12.1. The van der Waals surface area contributed by atoms with E-state index in [9.17, 15) is 14.4 Å². The monoisotopic (exact) mass is 518 g/mol. The van der Waals surface area contributed by atoms with Crippen LogP contribution in [0, 0.1) is 0 Å². The van der Waals surface area contributed by atoms with Crippen molar-refractivity contribution in [3.05, 3.63) is 94.0 Å². The van der Waals surface area contributed by atoms with Gasteiger partial charge in [0.25, 0.3) is 11.5 Å². The van der Waals surface area contributed by atoms with Crippen LogP contribution in [0.4, 0.5) is 4.79 Å². The van der Waals surface area contributed by atoms with Crippen LogP contribution < -0.4 is 16.0 Å². The third-order valence-corrected chi connectivity index (χ3v) is 6.27. The van der Waals surface area contributed by atoms with E-state index in [-0.39, 0.29) is 22.9 Å². The number of ether oxygens (including phenoxy) is 1. The van der Waals surface area contributed by atoms with Crippen molar-refractivity contribution in [1.29, 1.82) is 0 Å². The van der Waals surface area contributed by atoms with Crippen LogP contribution in [-0.2, 0) is 11.2 Å². The molecule has 3 aromatic carbocycles. The minimum absolute atomic E-state index is 0.116. The zero-order chi connectivity index (χ0) is 26.7. The Morgan fingerprint density at radius 1 is 1.05 bits per heavy atom. The summed E-state index contributed by atoms with van der Waals surface area (Å²) in [5.41, 5.74) is 8.14. The number of fused-ring (bicyclic) bond motifs is 1. The number of hydrogen-bond acceptors (Lipinski definition) is 5. The van der Waals surface area contributed by atoms with E-state index in [2.05, 4.69) is 4.98 Å². The van der Waals surface area contributed by atoms with E-state index in [1.807, 2.05) is 68.4 Å². The lowest BCUT2D eigenvalue weighted by Gasteiger charge is -2.23. The van der Waals surface area contributed by atoms with Crippen molar-refractivity contribution >= 4 is 34.4 Å². The summed E-state index contributed by atoms with van der Waals surface area (Å²) >= 11 is 6.36. The van der Waals surface area contributed by atoms with Crippen molar-refractivity contribution in [1.82, 2.24) is 14.5 Å². The number of carbonyl (C=O) groups is 2. The van der Waals surface area contributed by atoms with Crippen LogP contribution >= 0.6 is 11.6 Å². The molecule has 1 unspecified atom stereocenters. The minimum Gasteiger partial charge on any atom is -0.489 e. The summed E-state index contributed by atoms with van der Waals surface area (Å²) in [6.45, 7) is 3.73. The maximum absolute atomic E-state index is 13.5. The van der Waals surface area contributed by atoms with Gasteiger partial charge in [0, 0.05) is 19.5 Å². The van der Waals surface area contributed by atoms with E-state index in [1.54, 1.807) is 6.07 Å². The van der Waals surface area contributed by atoms with Crippen molar-refractivity contribution in [3.8, 4) is 16.9 Å². The lowest BCUT2D eigenvalue weighted by molar-refractivity contribution is -0.130. The molecule has 8 nitrogen and oxygen atoms in total. The average molecular weight is 519 g/mol. The SMILES string of the molecule is CC(C)Oc1cc2ncn(C(Cc3ccc(-c4ccccc4)cc3)C(=O)N(C)C(N)=O)c(=O)c2cc1Cl. The van der Waals surface area contributed by atoms with Gasteiger partial charge in [-0.2, -0.15) is 0 Å². The number of rotatable bonds is 7. The number of nitrogens with two attached hydrogens (primary N) is 1. The summed E-state index contributed by atoms with van der Waals surface area (Å²) in [6.07, 6.45) is 1.32. The molecule has 0 aliphatic heterocycles. The topological polar surface area (TPSA) is 108 Å². The van der Waals surface area contributed by atoms with Gasteiger partial charge in [-0.15, -0.1) is 0 Å². The second kappa shape index (κ2) is 10.8. The zero-order valence-corrected chi connectivity index (χ0v) is 21.5. The molecule has 0 bridgehead atoms. The number of hydrogen-bond donors (Lipinski definition) is 1. The predicted octanol–water partition coefficient (Wildman–Crippen LogP) is 4.83. The number of urea groups is 1. The molecule has 190 valence electrons.